The topological polar surface area (TPSA) is 56.0 Å². The zero-order valence-corrected chi connectivity index (χ0v) is 12.4. The van der Waals surface area contributed by atoms with Crippen LogP contribution in [0.25, 0.3) is 0 Å². The molecule has 0 heterocycles. The molecule has 1 aromatic rings. The molecule has 0 saturated heterocycles. The van der Waals surface area contributed by atoms with E-state index in [2.05, 4.69) is 11.4 Å². The molecule has 1 aromatic carbocycles. The minimum absolute atomic E-state index is 0.223. The maximum absolute atomic E-state index is 9.52. The Labute approximate surface area is 120 Å². The van der Waals surface area contributed by atoms with E-state index in [4.69, 9.17) is 5.11 Å². The summed E-state index contributed by atoms with van der Waals surface area (Å²) < 4.78 is 0. The molecule has 0 spiro atoms. The summed E-state index contributed by atoms with van der Waals surface area (Å²) in [6.07, 6.45) is 0.757. The molecule has 0 aromatic heterocycles. The van der Waals surface area contributed by atoms with Crippen molar-refractivity contribution in [3.05, 3.63) is 35.9 Å². The molecule has 104 valence electrons. The van der Waals surface area contributed by atoms with Gasteiger partial charge in [-0.15, -0.1) is 0 Å². The van der Waals surface area contributed by atoms with E-state index in [1.165, 1.54) is 0 Å². The van der Waals surface area contributed by atoms with Crippen molar-refractivity contribution in [3.8, 4) is 6.07 Å². The summed E-state index contributed by atoms with van der Waals surface area (Å²) in [6, 6.07) is 12.3. The number of nitriles is 1. The molecular formula is C15H22N2OS. The number of hydrogen-bond acceptors (Lipinski definition) is 4. The van der Waals surface area contributed by atoms with Crippen molar-refractivity contribution >= 4 is 11.8 Å². The van der Waals surface area contributed by atoms with Gasteiger partial charge in [-0.25, -0.2) is 0 Å². The summed E-state index contributed by atoms with van der Waals surface area (Å²) in [5, 5.41) is 21.7. The number of hydrogen-bond donors (Lipinski definition) is 2. The Hall–Kier alpha value is -1.02. The van der Waals surface area contributed by atoms with Crippen LogP contribution in [0, 0.1) is 17.2 Å². The van der Waals surface area contributed by atoms with Crippen LogP contribution in [0.15, 0.2) is 30.3 Å². The van der Waals surface area contributed by atoms with Gasteiger partial charge in [-0.3, -0.25) is 5.32 Å². The highest BCUT2D eigenvalue weighted by molar-refractivity contribution is 7.99. The van der Waals surface area contributed by atoms with Crippen molar-refractivity contribution < 1.29 is 5.11 Å². The lowest BCUT2D eigenvalue weighted by molar-refractivity contribution is 0.250. The second-order valence-corrected chi connectivity index (χ2v) is 5.90. The number of aliphatic hydroxyl groups excluding tert-OH is 1. The van der Waals surface area contributed by atoms with Gasteiger partial charge in [-0.05, 0) is 36.5 Å². The van der Waals surface area contributed by atoms with Crippen LogP contribution >= 0.6 is 11.8 Å². The van der Waals surface area contributed by atoms with Gasteiger partial charge < -0.3 is 5.11 Å². The highest BCUT2D eigenvalue weighted by Crippen LogP contribution is 2.26. The fourth-order valence-electron chi connectivity index (χ4n) is 1.88. The minimum Gasteiger partial charge on any atom is -0.396 e. The number of aliphatic hydroxyl groups is 1. The zero-order valence-electron chi connectivity index (χ0n) is 11.6. The number of nitrogens with one attached hydrogen (secondary N) is 1. The van der Waals surface area contributed by atoms with Gasteiger partial charge in [0.15, 0.2) is 0 Å². The first-order chi connectivity index (χ1) is 9.18. The first-order valence-corrected chi connectivity index (χ1v) is 7.68. The van der Waals surface area contributed by atoms with E-state index in [0.29, 0.717) is 5.92 Å². The van der Waals surface area contributed by atoms with Crippen molar-refractivity contribution in [3.63, 3.8) is 0 Å². The van der Waals surface area contributed by atoms with Crippen LogP contribution in [0.3, 0.4) is 0 Å². The van der Waals surface area contributed by atoms with Crippen LogP contribution in [-0.2, 0) is 5.54 Å². The molecule has 2 N–H and O–H groups in total. The fraction of sp³-hybridized carbons (Fsp3) is 0.533. The molecule has 0 aliphatic carbocycles. The van der Waals surface area contributed by atoms with Gasteiger partial charge >= 0.3 is 0 Å². The van der Waals surface area contributed by atoms with Gasteiger partial charge in [-0.1, -0.05) is 37.3 Å². The Kier molecular flexibility index (Phi) is 6.93. The van der Waals surface area contributed by atoms with Crippen LogP contribution < -0.4 is 5.32 Å². The maximum Gasteiger partial charge on any atom is 0.132 e. The summed E-state index contributed by atoms with van der Waals surface area (Å²) in [7, 11) is 1.83. The molecule has 0 saturated carbocycles. The Morgan fingerprint density at radius 2 is 2.11 bits per heavy atom. The Morgan fingerprint density at radius 1 is 1.42 bits per heavy atom. The standard InChI is InChI=1S/C15H22N2OS/c1-13(10-18)11-19-9-8-15(12-16,17-2)14-6-4-3-5-7-14/h3-7,13,17-18H,8-11H2,1-2H3. The molecule has 0 aliphatic rings. The molecule has 0 radical (unpaired) electrons. The Balaban J connectivity index is 2.61. The number of rotatable bonds is 8. The van der Waals surface area contributed by atoms with E-state index < -0.39 is 5.54 Å². The number of thioether (sulfide) groups is 1. The van der Waals surface area contributed by atoms with Crippen LogP contribution in [0.2, 0.25) is 0 Å². The van der Waals surface area contributed by atoms with Gasteiger partial charge in [0.1, 0.15) is 5.54 Å². The molecule has 0 aliphatic heterocycles. The second-order valence-electron chi connectivity index (χ2n) is 4.75. The summed E-state index contributed by atoms with van der Waals surface area (Å²) in [4.78, 5) is 0. The van der Waals surface area contributed by atoms with Gasteiger partial charge in [-0.2, -0.15) is 17.0 Å². The summed E-state index contributed by atoms with van der Waals surface area (Å²) >= 11 is 1.79. The lowest BCUT2D eigenvalue weighted by Crippen LogP contribution is -2.39. The van der Waals surface area contributed by atoms with Gasteiger partial charge in [0.25, 0.3) is 0 Å². The normalized spacial score (nSPS) is 15.5. The first-order valence-electron chi connectivity index (χ1n) is 6.53. The highest BCUT2D eigenvalue weighted by atomic mass is 32.2. The Bertz CT molecular complexity index is 404. The van der Waals surface area contributed by atoms with Crippen LogP contribution in [-0.4, -0.2) is 30.3 Å². The molecule has 0 bridgehead atoms. The van der Waals surface area contributed by atoms with Gasteiger partial charge in [0.2, 0.25) is 0 Å². The van der Waals surface area contributed by atoms with E-state index in [1.807, 2.05) is 44.3 Å². The molecule has 3 nitrogen and oxygen atoms in total. The lowest BCUT2D eigenvalue weighted by Gasteiger charge is -2.26. The average Bonchev–Trinajstić information content (AvgIpc) is 2.48. The molecule has 0 amide bonds. The van der Waals surface area contributed by atoms with Crippen molar-refractivity contribution in [1.29, 1.82) is 5.26 Å². The highest BCUT2D eigenvalue weighted by Gasteiger charge is 2.29. The number of benzene rings is 1. The smallest absolute Gasteiger partial charge is 0.132 e. The van der Waals surface area contributed by atoms with Crippen molar-refractivity contribution in [2.75, 3.05) is 25.2 Å². The lowest BCUT2D eigenvalue weighted by atomic mass is 9.89. The number of nitrogens with zero attached hydrogens (tertiary/aromatic N) is 1. The van der Waals surface area contributed by atoms with Gasteiger partial charge in [0.05, 0.1) is 6.07 Å². The summed E-state index contributed by atoms with van der Waals surface area (Å²) in [6.45, 7) is 2.25. The van der Waals surface area contributed by atoms with E-state index in [0.717, 1.165) is 23.5 Å². The van der Waals surface area contributed by atoms with Crippen molar-refractivity contribution in [2.45, 2.75) is 18.9 Å². The second kappa shape index (κ2) is 8.21. The predicted octanol–water partition coefficient (Wildman–Crippen LogP) is 2.38. The first kappa shape index (κ1) is 16.0. The molecular weight excluding hydrogens is 256 g/mol. The molecule has 4 heteroatoms. The molecule has 19 heavy (non-hydrogen) atoms. The molecule has 2 atom stereocenters. The summed E-state index contributed by atoms with van der Waals surface area (Å²) in [5.41, 5.74) is 0.396. The third-order valence-corrected chi connectivity index (χ3v) is 4.52. The molecule has 2 unspecified atom stereocenters. The van der Waals surface area contributed by atoms with E-state index in [9.17, 15) is 5.26 Å². The van der Waals surface area contributed by atoms with Gasteiger partial charge in [0, 0.05) is 6.61 Å². The minimum atomic E-state index is -0.614. The largest absolute Gasteiger partial charge is 0.396 e. The predicted molar refractivity (Wildman–Crippen MR) is 81.0 cm³/mol. The molecule has 1 rings (SSSR count). The van der Waals surface area contributed by atoms with Crippen molar-refractivity contribution in [2.24, 2.45) is 5.92 Å². The fourth-order valence-corrected chi connectivity index (χ4v) is 3.00. The summed E-state index contributed by atoms with van der Waals surface area (Å²) in [5.74, 6) is 2.14. The van der Waals surface area contributed by atoms with Crippen molar-refractivity contribution in [1.82, 2.24) is 5.32 Å². The Morgan fingerprint density at radius 3 is 2.63 bits per heavy atom. The quantitative estimate of drug-likeness (QED) is 0.717. The van der Waals surface area contributed by atoms with E-state index >= 15 is 0 Å². The third kappa shape index (κ3) is 4.54. The van der Waals surface area contributed by atoms with Crippen LogP contribution in [0.4, 0.5) is 0 Å². The van der Waals surface area contributed by atoms with E-state index in [-0.39, 0.29) is 6.61 Å². The SMILES string of the molecule is CNC(C#N)(CCSCC(C)CO)c1ccccc1. The average molecular weight is 278 g/mol. The zero-order chi connectivity index (χ0) is 14.1. The monoisotopic (exact) mass is 278 g/mol. The molecule has 0 fully saturated rings. The maximum atomic E-state index is 9.52. The van der Waals surface area contributed by atoms with Crippen LogP contribution in [0.1, 0.15) is 18.9 Å². The third-order valence-electron chi connectivity index (χ3n) is 3.22. The van der Waals surface area contributed by atoms with E-state index in [1.54, 1.807) is 11.8 Å². The van der Waals surface area contributed by atoms with Crippen LogP contribution in [0.5, 0.6) is 0 Å².